The maximum Gasteiger partial charge on any atom is 0.232 e. The molecule has 0 aliphatic rings. The predicted octanol–water partition coefficient (Wildman–Crippen LogP) is 2.54. The molecule has 0 rings (SSSR count). The van der Waals surface area contributed by atoms with E-state index in [1.54, 1.807) is 5.97 Å². The maximum atomic E-state index is 9.65. The third-order valence-electron chi connectivity index (χ3n) is 2.97. The van der Waals surface area contributed by atoms with Crippen molar-refractivity contribution in [3.05, 3.63) is 0 Å². The van der Waals surface area contributed by atoms with Gasteiger partial charge in [-0.05, 0) is 26.5 Å². The van der Waals surface area contributed by atoms with Crippen LogP contribution in [0.2, 0.25) is 0 Å². The molecule has 1 N–H and O–H groups in total. The van der Waals surface area contributed by atoms with Crippen molar-refractivity contribution in [1.82, 2.24) is 4.90 Å². The second kappa shape index (κ2) is 17.5. The summed E-state index contributed by atoms with van der Waals surface area (Å²) in [5, 5.41) is 17.0. The van der Waals surface area contributed by atoms with Crippen LogP contribution in [0, 0.1) is 11.2 Å². The van der Waals surface area contributed by atoms with E-state index < -0.39 is 0 Å². The van der Waals surface area contributed by atoms with Crippen molar-refractivity contribution in [2.45, 2.75) is 70.8 Å². The number of rotatable bonds is 11. The van der Waals surface area contributed by atoms with Crippen LogP contribution in [0.1, 0.15) is 64.7 Å². The van der Waals surface area contributed by atoms with Crippen LogP contribution < -0.4 is 0 Å². The second-order valence-electron chi connectivity index (χ2n) is 5.40. The highest BCUT2D eigenvalue weighted by Gasteiger charge is 2.04. The van der Waals surface area contributed by atoms with Gasteiger partial charge in [-0.25, -0.2) is 5.26 Å². The average Bonchev–Trinajstić information content (AvgIpc) is 2.32. The van der Waals surface area contributed by atoms with Crippen molar-refractivity contribution < 1.29 is 5.11 Å². The minimum Gasteiger partial charge on any atom is -0.392 e. The van der Waals surface area contributed by atoms with Crippen molar-refractivity contribution in [3.63, 3.8) is 0 Å². The highest BCUT2D eigenvalue weighted by Crippen LogP contribution is 2.10. The lowest BCUT2D eigenvalue weighted by Gasteiger charge is -2.15. The van der Waals surface area contributed by atoms with Gasteiger partial charge in [0, 0.05) is 6.54 Å². The fourth-order valence-electron chi connectivity index (χ4n) is 2.03. The number of unbranched alkanes of at least 4 members (excludes halogenated alkanes) is 7. The molecule has 3 nitrogen and oxygen atoms in total. The molecule has 1 atom stereocenters. The second-order valence-corrected chi connectivity index (χ2v) is 5.40. The van der Waals surface area contributed by atoms with Crippen molar-refractivity contribution >= 4 is 7.85 Å². The van der Waals surface area contributed by atoms with Crippen LogP contribution in [0.25, 0.3) is 0 Å². The highest BCUT2D eigenvalue weighted by atomic mass is 16.3. The SMILES string of the molecule is BC#N.CCCCCCCCCCC(O)CN(C)C. The first-order valence-corrected chi connectivity index (χ1v) is 7.72. The number of hydrogen-bond donors (Lipinski definition) is 1. The number of aliphatic hydroxyl groups is 1. The van der Waals surface area contributed by atoms with Gasteiger partial charge in [0.2, 0.25) is 7.85 Å². The minimum atomic E-state index is -0.130. The van der Waals surface area contributed by atoms with E-state index in [1.165, 1.54) is 59.2 Å². The Hall–Kier alpha value is -0.525. The molecule has 0 saturated carbocycles. The van der Waals surface area contributed by atoms with Crippen LogP contribution in [-0.4, -0.2) is 44.6 Å². The predicted molar refractivity (Wildman–Crippen MR) is 85.9 cm³/mol. The Morgan fingerprint density at radius 1 is 1.05 bits per heavy atom. The van der Waals surface area contributed by atoms with E-state index in [9.17, 15) is 5.11 Å². The number of aliphatic hydroxyl groups excluding tert-OH is 1. The zero-order valence-electron chi connectivity index (χ0n) is 13.5. The molecule has 0 aliphatic carbocycles. The first kappa shape index (κ1) is 20.8. The lowest BCUT2D eigenvalue weighted by Crippen LogP contribution is -2.25. The van der Waals surface area contributed by atoms with E-state index in [0.29, 0.717) is 0 Å². The van der Waals surface area contributed by atoms with Gasteiger partial charge in [0.1, 0.15) is 0 Å². The molecule has 1 unspecified atom stereocenters. The molecule has 0 bridgehead atoms. The van der Waals surface area contributed by atoms with Gasteiger partial charge in [-0.1, -0.05) is 58.3 Å². The topological polar surface area (TPSA) is 47.3 Å². The van der Waals surface area contributed by atoms with E-state index in [0.717, 1.165) is 13.0 Å². The third kappa shape index (κ3) is 23.0. The molecule has 0 aromatic heterocycles. The minimum absolute atomic E-state index is 0.130. The molecule has 0 aromatic rings. The third-order valence-corrected chi connectivity index (χ3v) is 2.97. The maximum absolute atomic E-state index is 9.65. The Morgan fingerprint density at radius 2 is 1.47 bits per heavy atom. The molecule has 0 heterocycles. The Kier molecular flexibility index (Phi) is 19.1. The summed E-state index contributed by atoms with van der Waals surface area (Å²) in [6, 6.07) is 0. The molecule has 0 aromatic carbocycles. The van der Waals surface area contributed by atoms with Crippen LogP contribution in [0.3, 0.4) is 0 Å². The summed E-state index contributed by atoms with van der Waals surface area (Å²) in [7, 11) is 5.45. The molecule has 0 amide bonds. The van der Waals surface area contributed by atoms with E-state index in [2.05, 4.69) is 11.8 Å². The Labute approximate surface area is 121 Å². The average molecular weight is 268 g/mol. The zero-order chi connectivity index (χ0) is 14.9. The van der Waals surface area contributed by atoms with Gasteiger partial charge in [-0.3, -0.25) is 0 Å². The molecule has 0 radical (unpaired) electrons. The molecule has 4 heteroatoms. The van der Waals surface area contributed by atoms with Gasteiger partial charge in [0.25, 0.3) is 0 Å². The standard InChI is InChI=1S/C14H31NO.CH2BN/c1-4-5-6-7-8-9-10-11-12-14(16)13-15(2)3;2-1-3/h14,16H,4-13H2,1-3H3;2H2. The molecule has 0 saturated heterocycles. The largest absolute Gasteiger partial charge is 0.392 e. The number of hydrogen-bond acceptors (Lipinski definition) is 3. The van der Waals surface area contributed by atoms with Crippen LogP contribution >= 0.6 is 0 Å². The summed E-state index contributed by atoms with van der Waals surface area (Å²) in [4.78, 5) is 2.05. The molecule has 19 heavy (non-hydrogen) atoms. The Morgan fingerprint density at radius 3 is 1.89 bits per heavy atom. The zero-order valence-corrected chi connectivity index (χ0v) is 13.5. The van der Waals surface area contributed by atoms with Crippen molar-refractivity contribution in [2.75, 3.05) is 20.6 Å². The van der Waals surface area contributed by atoms with Gasteiger partial charge in [-0.2, -0.15) is 0 Å². The molecular weight excluding hydrogens is 235 g/mol. The van der Waals surface area contributed by atoms with Gasteiger partial charge >= 0.3 is 0 Å². The van der Waals surface area contributed by atoms with Crippen molar-refractivity contribution in [3.8, 4) is 5.97 Å². The number of likely N-dealkylation sites (N-methyl/N-ethyl adjacent to an activating group) is 1. The van der Waals surface area contributed by atoms with Gasteiger partial charge in [-0.15, -0.1) is 0 Å². The summed E-state index contributed by atoms with van der Waals surface area (Å²) < 4.78 is 0. The lowest BCUT2D eigenvalue weighted by molar-refractivity contribution is 0.125. The summed E-state index contributed by atoms with van der Waals surface area (Å²) in [6.45, 7) is 3.06. The van der Waals surface area contributed by atoms with Crippen LogP contribution in [0.15, 0.2) is 0 Å². The number of nitrogens with zero attached hydrogens (tertiary/aromatic N) is 2. The quantitative estimate of drug-likeness (QED) is 0.462. The van der Waals surface area contributed by atoms with Crippen molar-refractivity contribution in [2.24, 2.45) is 0 Å². The van der Waals surface area contributed by atoms with Gasteiger partial charge in [0.15, 0.2) is 0 Å². The van der Waals surface area contributed by atoms with Crippen LogP contribution in [0.4, 0.5) is 0 Å². The molecule has 112 valence electrons. The van der Waals surface area contributed by atoms with Crippen LogP contribution in [0.5, 0.6) is 0 Å². The van der Waals surface area contributed by atoms with E-state index in [-0.39, 0.29) is 6.10 Å². The molecule has 0 spiro atoms. The lowest BCUT2D eigenvalue weighted by atomic mass is 10.1. The summed E-state index contributed by atoms with van der Waals surface area (Å²) in [5.41, 5.74) is 0. The first-order chi connectivity index (χ1) is 9.08. The Balaban J connectivity index is 0. The first-order valence-electron chi connectivity index (χ1n) is 7.72. The summed E-state index contributed by atoms with van der Waals surface area (Å²) >= 11 is 0. The van der Waals surface area contributed by atoms with Crippen LogP contribution in [-0.2, 0) is 0 Å². The smallest absolute Gasteiger partial charge is 0.232 e. The number of nitriles is 1. The monoisotopic (exact) mass is 268 g/mol. The Bertz CT molecular complexity index is 205. The summed E-state index contributed by atoms with van der Waals surface area (Å²) in [5.74, 6) is 1.75. The fraction of sp³-hybridized carbons (Fsp3) is 0.933. The molecule has 0 aliphatic heterocycles. The molecular formula is C15H33BN2O. The van der Waals surface area contributed by atoms with Gasteiger partial charge < -0.3 is 10.0 Å². The van der Waals surface area contributed by atoms with E-state index in [1.807, 2.05) is 14.1 Å². The van der Waals surface area contributed by atoms with Gasteiger partial charge in [0.05, 0.1) is 6.10 Å². The normalized spacial score (nSPS) is 11.6. The fourth-order valence-corrected chi connectivity index (χ4v) is 2.03. The van der Waals surface area contributed by atoms with Crippen molar-refractivity contribution in [1.29, 1.82) is 5.26 Å². The highest BCUT2D eigenvalue weighted by molar-refractivity contribution is 6.20. The van der Waals surface area contributed by atoms with E-state index in [4.69, 9.17) is 5.26 Å². The van der Waals surface area contributed by atoms with E-state index >= 15 is 0 Å². The molecule has 0 fully saturated rings. The summed E-state index contributed by atoms with van der Waals surface area (Å²) in [6.07, 6.45) is 11.6.